The summed E-state index contributed by atoms with van der Waals surface area (Å²) >= 11 is 3.51. The van der Waals surface area contributed by atoms with Gasteiger partial charge in [0, 0.05) is 28.3 Å². The molecule has 1 aliphatic carbocycles. The molecule has 0 spiro atoms. The van der Waals surface area contributed by atoms with Crippen LogP contribution in [0.5, 0.6) is 5.88 Å². The zero-order valence-electron chi connectivity index (χ0n) is 13.4. The van der Waals surface area contributed by atoms with Crippen LogP contribution in [0.3, 0.4) is 0 Å². The largest absolute Gasteiger partial charge is 0.474 e. The average molecular weight is 355 g/mol. The first-order valence-electron chi connectivity index (χ1n) is 8.00. The van der Waals surface area contributed by atoms with Crippen LogP contribution in [-0.2, 0) is 6.54 Å². The van der Waals surface area contributed by atoms with E-state index in [9.17, 15) is 0 Å². The number of pyridine rings is 1. The highest BCUT2D eigenvalue weighted by atomic mass is 79.9. The Morgan fingerprint density at radius 3 is 2.52 bits per heavy atom. The number of halogens is 1. The number of hydrogen-bond donors (Lipinski definition) is 1. The lowest BCUT2D eigenvalue weighted by Crippen LogP contribution is -2.35. The molecule has 0 aromatic carbocycles. The summed E-state index contributed by atoms with van der Waals surface area (Å²) in [6.45, 7) is 7.29. The quantitative estimate of drug-likeness (QED) is 0.786. The molecule has 1 saturated carbocycles. The van der Waals surface area contributed by atoms with Crippen LogP contribution in [0.25, 0.3) is 0 Å². The van der Waals surface area contributed by atoms with Gasteiger partial charge in [0.15, 0.2) is 0 Å². The molecule has 0 atom stereocenters. The molecule has 1 aromatic rings. The van der Waals surface area contributed by atoms with E-state index in [4.69, 9.17) is 4.74 Å². The number of nitrogens with zero attached hydrogens (tertiary/aromatic N) is 1. The molecule has 0 bridgehead atoms. The highest BCUT2D eigenvalue weighted by Gasteiger charge is 2.17. The molecule has 4 heteroatoms. The van der Waals surface area contributed by atoms with Crippen molar-refractivity contribution in [3.63, 3.8) is 0 Å². The van der Waals surface area contributed by atoms with Crippen LogP contribution in [0.2, 0.25) is 0 Å². The molecule has 0 radical (unpaired) electrons. The summed E-state index contributed by atoms with van der Waals surface area (Å²) in [4.78, 5) is 4.49. The minimum atomic E-state index is 0.0852. The molecule has 0 aliphatic heterocycles. The Bertz CT molecular complexity index is 449. The second-order valence-corrected chi connectivity index (χ2v) is 7.87. The van der Waals surface area contributed by atoms with Gasteiger partial charge in [0.1, 0.15) is 6.10 Å². The van der Waals surface area contributed by atoms with Gasteiger partial charge in [-0.15, -0.1) is 0 Å². The monoisotopic (exact) mass is 354 g/mol. The fourth-order valence-corrected chi connectivity index (χ4v) is 2.96. The van der Waals surface area contributed by atoms with Crippen molar-refractivity contribution in [1.82, 2.24) is 10.3 Å². The first-order valence-corrected chi connectivity index (χ1v) is 8.79. The Balaban J connectivity index is 2.06. The van der Waals surface area contributed by atoms with Crippen molar-refractivity contribution in [3.8, 4) is 5.88 Å². The standard InChI is InChI=1S/C17H27BrN2O/c1-17(2,3)20-11-13-10-14(18)12-19-16(13)21-15-8-6-4-5-7-9-15/h10,12,15,20H,4-9,11H2,1-3H3. The summed E-state index contributed by atoms with van der Waals surface area (Å²) in [6, 6.07) is 2.11. The van der Waals surface area contributed by atoms with Crippen LogP contribution in [0.1, 0.15) is 64.9 Å². The smallest absolute Gasteiger partial charge is 0.218 e. The first-order chi connectivity index (χ1) is 9.94. The SMILES string of the molecule is CC(C)(C)NCc1cc(Br)cnc1OC1CCCCCC1. The predicted octanol–water partition coefficient (Wildman–Crippen LogP) is 4.83. The summed E-state index contributed by atoms with van der Waals surface area (Å²) in [5, 5.41) is 3.51. The van der Waals surface area contributed by atoms with Crippen molar-refractivity contribution in [1.29, 1.82) is 0 Å². The van der Waals surface area contributed by atoms with E-state index in [1.165, 1.54) is 25.7 Å². The fraction of sp³-hybridized carbons (Fsp3) is 0.706. The first kappa shape index (κ1) is 16.8. The van der Waals surface area contributed by atoms with E-state index in [1.807, 2.05) is 6.20 Å². The van der Waals surface area contributed by atoms with E-state index in [0.717, 1.165) is 35.3 Å². The zero-order valence-corrected chi connectivity index (χ0v) is 15.0. The Hall–Kier alpha value is -0.610. The number of hydrogen-bond acceptors (Lipinski definition) is 3. The van der Waals surface area contributed by atoms with Crippen molar-refractivity contribution in [2.45, 2.75) is 77.5 Å². The third-order valence-electron chi connectivity index (χ3n) is 3.78. The van der Waals surface area contributed by atoms with Gasteiger partial charge in [-0.1, -0.05) is 12.8 Å². The van der Waals surface area contributed by atoms with Gasteiger partial charge in [-0.25, -0.2) is 4.98 Å². The van der Waals surface area contributed by atoms with Crippen LogP contribution in [-0.4, -0.2) is 16.6 Å². The maximum Gasteiger partial charge on any atom is 0.218 e. The molecule has 118 valence electrons. The number of ether oxygens (including phenoxy) is 1. The Kier molecular flexibility index (Phi) is 6.06. The van der Waals surface area contributed by atoms with Crippen LogP contribution in [0.4, 0.5) is 0 Å². The molecule has 0 amide bonds. The lowest BCUT2D eigenvalue weighted by molar-refractivity contribution is 0.173. The highest BCUT2D eigenvalue weighted by Crippen LogP contribution is 2.26. The molecule has 0 saturated heterocycles. The van der Waals surface area contributed by atoms with E-state index >= 15 is 0 Å². The van der Waals surface area contributed by atoms with Gasteiger partial charge in [0.05, 0.1) is 0 Å². The van der Waals surface area contributed by atoms with Crippen molar-refractivity contribution < 1.29 is 4.74 Å². The third-order valence-corrected chi connectivity index (χ3v) is 4.22. The topological polar surface area (TPSA) is 34.2 Å². The van der Waals surface area contributed by atoms with Gasteiger partial charge >= 0.3 is 0 Å². The van der Waals surface area contributed by atoms with E-state index in [2.05, 4.69) is 53.1 Å². The van der Waals surface area contributed by atoms with Crippen LogP contribution in [0, 0.1) is 0 Å². The normalized spacial score (nSPS) is 17.5. The molecule has 0 unspecified atom stereocenters. The molecule has 2 rings (SSSR count). The molecule has 1 aromatic heterocycles. The van der Waals surface area contributed by atoms with Gasteiger partial charge in [-0.2, -0.15) is 0 Å². The number of aromatic nitrogens is 1. The summed E-state index contributed by atoms with van der Waals surface area (Å²) < 4.78 is 7.22. The van der Waals surface area contributed by atoms with E-state index in [-0.39, 0.29) is 5.54 Å². The molecular formula is C17H27BrN2O. The molecule has 21 heavy (non-hydrogen) atoms. The Labute approximate surface area is 137 Å². The van der Waals surface area contributed by atoms with E-state index < -0.39 is 0 Å². The maximum absolute atomic E-state index is 6.21. The number of rotatable bonds is 4. The second kappa shape index (κ2) is 7.59. The summed E-state index contributed by atoms with van der Waals surface area (Å²) in [5.74, 6) is 0.793. The van der Waals surface area contributed by atoms with Gasteiger partial charge in [-0.05, 0) is 68.5 Å². The average Bonchev–Trinajstić information content (AvgIpc) is 2.67. The van der Waals surface area contributed by atoms with E-state index in [1.54, 1.807) is 0 Å². The van der Waals surface area contributed by atoms with Crippen molar-refractivity contribution >= 4 is 15.9 Å². The fourth-order valence-electron chi connectivity index (χ4n) is 2.58. The molecule has 1 heterocycles. The summed E-state index contributed by atoms with van der Waals surface area (Å²) in [6.07, 6.45) is 9.70. The van der Waals surface area contributed by atoms with Crippen LogP contribution >= 0.6 is 15.9 Å². The van der Waals surface area contributed by atoms with Gasteiger partial charge in [-0.3, -0.25) is 0 Å². The lowest BCUT2D eigenvalue weighted by atomic mass is 10.1. The molecule has 1 aliphatic rings. The van der Waals surface area contributed by atoms with Gasteiger partial charge in [0.25, 0.3) is 0 Å². The van der Waals surface area contributed by atoms with E-state index in [0.29, 0.717) is 6.10 Å². The predicted molar refractivity (Wildman–Crippen MR) is 90.6 cm³/mol. The summed E-state index contributed by atoms with van der Waals surface area (Å²) in [7, 11) is 0. The highest BCUT2D eigenvalue weighted by molar-refractivity contribution is 9.10. The molecule has 1 N–H and O–H groups in total. The van der Waals surface area contributed by atoms with Crippen LogP contribution in [0.15, 0.2) is 16.7 Å². The Morgan fingerprint density at radius 1 is 1.24 bits per heavy atom. The minimum absolute atomic E-state index is 0.0852. The minimum Gasteiger partial charge on any atom is -0.474 e. The van der Waals surface area contributed by atoms with Crippen molar-refractivity contribution in [3.05, 3.63) is 22.3 Å². The second-order valence-electron chi connectivity index (χ2n) is 6.95. The molecular weight excluding hydrogens is 328 g/mol. The van der Waals surface area contributed by atoms with Gasteiger partial charge < -0.3 is 10.1 Å². The van der Waals surface area contributed by atoms with Crippen molar-refractivity contribution in [2.24, 2.45) is 0 Å². The third kappa shape index (κ3) is 5.95. The number of nitrogens with one attached hydrogen (secondary N) is 1. The van der Waals surface area contributed by atoms with Gasteiger partial charge in [0.2, 0.25) is 5.88 Å². The molecule has 1 fully saturated rings. The lowest BCUT2D eigenvalue weighted by Gasteiger charge is -2.23. The summed E-state index contributed by atoms with van der Waals surface area (Å²) in [5.41, 5.74) is 1.21. The van der Waals surface area contributed by atoms with Crippen LogP contribution < -0.4 is 10.1 Å². The zero-order chi connectivity index (χ0) is 15.3. The molecule has 3 nitrogen and oxygen atoms in total. The van der Waals surface area contributed by atoms with Crippen molar-refractivity contribution in [2.75, 3.05) is 0 Å². The maximum atomic E-state index is 6.21. The Morgan fingerprint density at radius 2 is 1.90 bits per heavy atom.